The summed E-state index contributed by atoms with van der Waals surface area (Å²) in [6.07, 6.45) is 1.76. The normalized spacial score (nSPS) is 11.7. The number of rotatable bonds is 8. The molecular weight excluding hydrogens is 335 g/mol. The Morgan fingerprint density at radius 1 is 1.19 bits per heavy atom. The van der Waals surface area contributed by atoms with Crippen LogP contribution in [0.25, 0.3) is 11.1 Å². The predicted molar refractivity (Wildman–Crippen MR) is 98.8 cm³/mol. The van der Waals surface area contributed by atoms with Gasteiger partial charge in [-0.15, -0.1) is 0 Å². The summed E-state index contributed by atoms with van der Waals surface area (Å²) in [5, 5.41) is 7.33. The molecule has 0 aliphatic rings. The van der Waals surface area contributed by atoms with E-state index in [4.69, 9.17) is 20.6 Å². The van der Waals surface area contributed by atoms with Crippen molar-refractivity contribution in [2.75, 3.05) is 7.11 Å². The molecular formula is C20H23FN2O3. The van der Waals surface area contributed by atoms with Gasteiger partial charge in [0.15, 0.2) is 6.10 Å². The number of nitrogens with one attached hydrogen (secondary N) is 1. The SMILES string of the molecule is CCCCC(Oc1ccc(-c2ccc(C(=N)N)c(F)c2)cc1)C(=O)OC. The average Bonchev–Trinajstić information content (AvgIpc) is 2.64. The molecule has 2 aromatic rings. The highest BCUT2D eigenvalue weighted by Gasteiger charge is 2.20. The van der Waals surface area contributed by atoms with Crippen LogP contribution in [0.4, 0.5) is 4.39 Å². The van der Waals surface area contributed by atoms with Gasteiger partial charge in [-0.2, -0.15) is 0 Å². The summed E-state index contributed by atoms with van der Waals surface area (Å²) in [5.74, 6) is -0.704. The van der Waals surface area contributed by atoms with Gasteiger partial charge in [0.2, 0.25) is 0 Å². The van der Waals surface area contributed by atoms with Gasteiger partial charge in [0.05, 0.1) is 12.7 Å². The molecule has 2 rings (SSSR count). The molecule has 0 aliphatic carbocycles. The zero-order valence-electron chi connectivity index (χ0n) is 14.9. The number of methoxy groups -OCH3 is 1. The molecule has 3 N–H and O–H groups in total. The van der Waals surface area contributed by atoms with Gasteiger partial charge in [0.1, 0.15) is 17.4 Å². The molecule has 1 unspecified atom stereocenters. The van der Waals surface area contributed by atoms with Gasteiger partial charge in [-0.1, -0.05) is 31.5 Å². The van der Waals surface area contributed by atoms with E-state index in [1.165, 1.54) is 19.2 Å². The molecule has 0 aromatic heterocycles. The van der Waals surface area contributed by atoms with Gasteiger partial charge in [-0.05, 0) is 48.2 Å². The quantitative estimate of drug-likeness (QED) is 0.426. The lowest BCUT2D eigenvalue weighted by molar-refractivity contribution is -0.149. The van der Waals surface area contributed by atoms with Crippen molar-refractivity contribution in [1.29, 1.82) is 5.41 Å². The first kappa shape index (κ1) is 19.4. The van der Waals surface area contributed by atoms with E-state index in [0.29, 0.717) is 17.7 Å². The van der Waals surface area contributed by atoms with Crippen LogP contribution in [0.2, 0.25) is 0 Å². The molecule has 0 saturated carbocycles. The lowest BCUT2D eigenvalue weighted by Crippen LogP contribution is -2.28. The molecule has 138 valence electrons. The second-order valence-corrected chi connectivity index (χ2v) is 5.90. The molecule has 5 nitrogen and oxygen atoms in total. The third-order valence-corrected chi connectivity index (χ3v) is 4.01. The van der Waals surface area contributed by atoms with Crippen LogP contribution in [0.1, 0.15) is 31.7 Å². The third kappa shape index (κ3) is 4.81. The summed E-state index contributed by atoms with van der Waals surface area (Å²) >= 11 is 0. The number of halogens is 1. The number of hydrogen-bond donors (Lipinski definition) is 2. The van der Waals surface area contributed by atoms with Crippen molar-refractivity contribution >= 4 is 11.8 Å². The van der Waals surface area contributed by atoms with E-state index in [0.717, 1.165) is 18.4 Å². The molecule has 0 saturated heterocycles. The second-order valence-electron chi connectivity index (χ2n) is 5.90. The smallest absolute Gasteiger partial charge is 0.347 e. The van der Waals surface area contributed by atoms with Crippen LogP contribution in [-0.4, -0.2) is 25.0 Å². The zero-order valence-corrected chi connectivity index (χ0v) is 14.9. The number of nitrogen functional groups attached to an aromatic ring is 1. The van der Waals surface area contributed by atoms with Crippen LogP contribution in [0.3, 0.4) is 0 Å². The maximum absolute atomic E-state index is 14.0. The van der Waals surface area contributed by atoms with Gasteiger partial charge >= 0.3 is 5.97 Å². The van der Waals surface area contributed by atoms with E-state index in [9.17, 15) is 9.18 Å². The van der Waals surface area contributed by atoms with Crippen LogP contribution in [0, 0.1) is 11.2 Å². The zero-order chi connectivity index (χ0) is 19.1. The van der Waals surface area contributed by atoms with Crippen molar-refractivity contribution in [2.24, 2.45) is 5.73 Å². The Labute approximate surface area is 152 Å². The Bertz CT molecular complexity index is 775. The Kier molecular flexibility index (Phi) is 6.72. The van der Waals surface area contributed by atoms with Crippen molar-refractivity contribution in [3.63, 3.8) is 0 Å². The molecule has 2 aromatic carbocycles. The third-order valence-electron chi connectivity index (χ3n) is 4.01. The summed E-state index contributed by atoms with van der Waals surface area (Å²) in [4.78, 5) is 11.8. The van der Waals surface area contributed by atoms with Crippen LogP contribution in [0.15, 0.2) is 42.5 Å². The van der Waals surface area contributed by atoms with Crippen molar-refractivity contribution in [3.05, 3.63) is 53.8 Å². The number of carbonyl (C=O) groups is 1. The van der Waals surface area contributed by atoms with Crippen LogP contribution in [-0.2, 0) is 9.53 Å². The molecule has 0 bridgehead atoms. The fourth-order valence-corrected chi connectivity index (χ4v) is 2.55. The monoisotopic (exact) mass is 358 g/mol. The molecule has 26 heavy (non-hydrogen) atoms. The van der Waals surface area contributed by atoms with Crippen LogP contribution in [0.5, 0.6) is 5.75 Å². The summed E-state index contributed by atoms with van der Waals surface area (Å²) in [5.41, 5.74) is 6.85. The number of esters is 1. The van der Waals surface area contributed by atoms with E-state index in [-0.39, 0.29) is 11.4 Å². The molecule has 6 heteroatoms. The maximum atomic E-state index is 14.0. The largest absolute Gasteiger partial charge is 0.479 e. The molecule has 0 spiro atoms. The Morgan fingerprint density at radius 3 is 2.38 bits per heavy atom. The second kappa shape index (κ2) is 8.99. The van der Waals surface area contributed by atoms with Crippen molar-refractivity contribution in [3.8, 4) is 16.9 Å². The lowest BCUT2D eigenvalue weighted by atomic mass is 10.0. The van der Waals surface area contributed by atoms with Gasteiger partial charge in [0.25, 0.3) is 0 Å². The maximum Gasteiger partial charge on any atom is 0.347 e. The number of hydrogen-bond acceptors (Lipinski definition) is 4. The summed E-state index contributed by atoms with van der Waals surface area (Å²) in [7, 11) is 1.34. The predicted octanol–water partition coefficient (Wildman–Crippen LogP) is 3.89. The molecule has 0 heterocycles. The van der Waals surface area contributed by atoms with Gasteiger partial charge in [-0.3, -0.25) is 5.41 Å². The minimum atomic E-state index is -0.641. The van der Waals surface area contributed by atoms with Crippen molar-refractivity contribution < 1.29 is 18.7 Å². The fourth-order valence-electron chi connectivity index (χ4n) is 2.55. The highest BCUT2D eigenvalue weighted by Crippen LogP contribution is 2.25. The Morgan fingerprint density at radius 2 is 1.85 bits per heavy atom. The number of amidine groups is 1. The number of benzene rings is 2. The van der Waals surface area contributed by atoms with E-state index >= 15 is 0 Å². The molecule has 0 radical (unpaired) electrons. The van der Waals surface area contributed by atoms with Gasteiger partial charge < -0.3 is 15.2 Å². The van der Waals surface area contributed by atoms with Gasteiger partial charge in [0, 0.05) is 0 Å². The highest BCUT2D eigenvalue weighted by atomic mass is 19.1. The molecule has 0 amide bonds. The number of carbonyl (C=O) groups excluding carboxylic acids is 1. The number of unbranched alkanes of at least 4 members (excludes halogenated alkanes) is 1. The summed E-state index contributed by atoms with van der Waals surface area (Å²) in [6.45, 7) is 2.04. The van der Waals surface area contributed by atoms with E-state index in [2.05, 4.69) is 0 Å². The summed E-state index contributed by atoms with van der Waals surface area (Å²) < 4.78 is 24.5. The van der Waals surface area contributed by atoms with E-state index in [1.807, 2.05) is 6.92 Å². The molecule has 1 atom stereocenters. The van der Waals surface area contributed by atoms with Crippen LogP contribution < -0.4 is 10.5 Å². The van der Waals surface area contributed by atoms with E-state index in [1.54, 1.807) is 30.3 Å². The molecule has 0 fully saturated rings. The van der Waals surface area contributed by atoms with Crippen LogP contribution >= 0.6 is 0 Å². The van der Waals surface area contributed by atoms with Gasteiger partial charge in [-0.25, -0.2) is 9.18 Å². The fraction of sp³-hybridized carbons (Fsp3) is 0.300. The van der Waals surface area contributed by atoms with Crippen molar-refractivity contribution in [2.45, 2.75) is 32.3 Å². The standard InChI is InChI=1S/C20H23FN2O3/c1-3-4-5-18(20(24)25-2)26-15-9-6-13(7-10-15)14-8-11-16(19(22)23)17(21)12-14/h6-12,18H,3-5H2,1-2H3,(H3,22,23). The first-order valence-corrected chi connectivity index (χ1v) is 8.45. The Hall–Kier alpha value is -2.89. The molecule has 0 aliphatic heterocycles. The average molecular weight is 358 g/mol. The number of ether oxygens (including phenoxy) is 2. The lowest BCUT2D eigenvalue weighted by Gasteiger charge is -2.17. The Balaban J connectivity index is 2.15. The van der Waals surface area contributed by atoms with Crippen molar-refractivity contribution in [1.82, 2.24) is 0 Å². The number of nitrogens with two attached hydrogens (primary N) is 1. The van der Waals surface area contributed by atoms with E-state index < -0.39 is 17.9 Å². The first-order valence-electron chi connectivity index (χ1n) is 8.45. The minimum Gasteiger partial charge on any atom is -0.479 e. The minimum absolute atomic E-state index is 0.0746. The topological polar surface area (TPSA) is 85.4 Å². The summed E-state index contributed by atoms with van der Waals surface area (Å²) in [6, 6.07) is 11.5. The highest BCUT2D eigenvalue weighted by molar-refractivity contribution is 5.95. The first-order chi connectivity index (χ1) is 12.5.